The molecular formula is C23H22N2O5S2. The molecule has 0 spiro atoms. The molecule has 7 nitrogen and oxygen atoms in total. The highest BCUT2D eigenvalue weighted by molar-refractivity contribution is 8.00. The summed E-state index contributed by atoms with van der Waals surface area (Å²) in [7, 11) is 1.31. The summed E-state index contributed by atoms with van der Waals surface area (Å²) >= 11 is 2.68. The Hall–Kier alpha value is -2.65. The summed E-state index contributed by atoms with van der Waals surface area (Å²) in [5.74, 6) is -0.936. The van der Waals surface area contributed by atoms with Crippen LogP contribution in [0, 0.1) is 5.92 Å². The molecule has 3 amide bonds. The van der Waals surface area contributed by atoms with Crippen molar-refractivity contribution in [2.24, 2.45) is 5.92 Å². The molecule has 1 saturated heterocycles. The van der Waals surface area contributed by atoms with Crippen molar-refractivity contribution in [2.75, 3.05) is 17.3 Å². The van der Waals surface area contributed by atoms with E-state index in [1.807, 2.05) is 12.1 Å². The van der Waals surface area contributed by atoms with Crippen molar-refractivity contribution in [2.45, 2.75) is 48.7 Å². The minimum atomic E-state index is -0.558. The number of esters is 1. The van der Waals surface area contributed by atoms with Crippen LogP contribution < -0.4 is 10.2 Å². The second-order valence-corrected chi connectivity index (χ2v) is 10.6. The first-order valence-corrected chi connectivity index (χ1v) is 12.3. The monoisotopic (exact) mass is 470 g/mol. The lowest BCUT2D eigenvalue weighted by molar-refractivity contribution is -0.121. The largest absolute Gasteiger partial charge is 0.465 e. The van der Waals surface area contributed by atoms with Gasteiger partial charge in [-0.15, -0.1) is 23.1 Å². The van der Waals surface area contributed by atoms with Crippen LogP contribution in [0.2, 0.25) is 0 Å². The second-order valence-electron chi connectivity index (χ2n) is 8.19. The molecule has 166 valence electrons. The number of carbonyl (C=O) groups excluding carboxylic acids is 4. The number of hydrogen-bond donors (Lipinski definition) is 1. The van der Waals surface area contributed by atoms with Crippen molar-refractivity contribution in [3.63, 3.8) is 0 Å². The first-order chi connectivity index (χ1) is 15.5. The molecule has 2 aromatic rings. The minimum Gasteiger partial charge on any atom is -0.465 e. The number of methoxy groups -OCH3 is 1. The first-order valence-electron chi connectivity index (χ1n) is 10.6. The van der Waals surface area contributed by atoms with Gasteiger partial charge in [-0.3, -0.25) is 14.4 Å². The molecule has 1 N–H and O–H groups in total. The van der Waals surface area contributed by atoms with Crippen LogP contribution in [0.3, 0.4) is 0 Å². The van der Waals surface area contributed by atoms with Gasteiger partial charge in [0.1, 0.15) is 5.00 Å². The Bertz CT molecular complexity index is 1120. The number of anilines is 2. The number of aryl methyl sites for hydroxylation is 1. The zero-order chi connectivity index (χ0) is 22.4. The van der Waals surface area contributed by atoms with Gasteiger partial charge in [-0.1, -0.05) is 0 Å². The van der Waals surface area contributed by atoms with Crippen LogP contribution in [0.1, 0.15) is 46.5 Å². The summed E-state index contributed by atoms with van der Waals surface area (Å²) in [4.78, 5) is 53.4. The summed E-state index contributed by atoms with van der Waals surface area (Å²) in [6.07, 6.45) is 4.53. The van der Waals surface area contributed by atoms with E-state index in [0.29, 0.717) is 10.6 Å². The highest BCUT2D eigenvalue weighted by atomic mass is 32.2. The van der Waals surface area contributed by atoms with Gasteiger partial charge in [0.15, 0.2) is 0 Å². The predicted molar refractivity (Wildman–Crippen MR) is 122 cm³/mol. The number of thioether (sulfide) groups is 1. The highest BCUT2D eigenvalue weighted by Crippen LogP contribution is 2.44. The molecule has 1 aliphatic heterocycles. The lowest BCUT2D eigenvalue weighted by Crippen LogP contribution is -2.31. The fourth-order valence-electron chi connectivity index (χ4n) is 4.14. The van der Waals surface area contributed by atoms with Crippen molar-refractivity contribution >= 4 is 57.5 Å². The number of rotatable bonds is 6. The van der Waals surface area contributed by atoms with Crippen molar-refractivity contribution in [3.8, 4) is 0 Å². The number of carbonyl (C=O) groups is 4. The average molecular weight is 471 g/mol. The van der Waals surface area contributed by atoms with E-state index in [4.69, 9.17) is 4.74 Å². The zero-order valence-corrected chi connectivity index (χ0v) is 19.1. The number of imide groups is 1. The Morgan fingerprint density at radius 3 is 2.59 bits per heavy atom. The summed E-state index contributed by atoms with van der Waals surface area (Å²) in [5.41, 5.74) is 2.00. The predicted octanol–water partition coefficient (Wildman–Crippen LogP) is 3.80. The number of benzene rings is 1. The molecule has 3 aliphatic rings. The van der Waals surface area contributed by atoms with Gasteiger partial charge in [0, 0.05) is 27.8 Å². The van der Waals surface area contributed by atoms with Gasteiger partial charge in [-0.25, -0.2) is 9.69 Å². The molecule has 1 saturated carbocycles. The van der Waals surface area contributed by atoms with E-state index in [1.54, 1.807) is 12.1 Å². The fourth-order valence-corrected chi connectivity index (χ4v) is 6.59. The Morgan fingerprint density at radius 2 is 1.91 bits per heavy atom. The molecule has 0 bridgehead atoms. The molecular weight excluding hydrogens is 448 g/mol. The number of thiophene rings is 1. The Balaban J connectivity index is 1.33. The molecule has 0 radical (unpaired) electrons. The Kier molecular flexibility index (Phi) is 5.54. The Morgan fingerprint density at radius 1 is 1.16 bits per heavy atom. The first kappa shape index (κ1) is 21.2. The second kappa shape index (κ2) is 8.37. The van der Waals surface area contributed by atoms with Gasteiger partial charge in [0.2, 0.25) is 17.7 Å². The van der Waals surface area contributed by atoms with Crippen LogP contribution in [0.15, 0.2) is 29.2 Å². The molecule has 2 fully saturated rings. The lowest BCUT2D eigenvalue weighted by atomic mass is 10.1. The van der Waals surface area contributed by atoms with Gasteiger partial charge < -0.3 is 10.1 Å². The summed E-state index contributed by atoms with van der Waals surface area (Å²) in [6, 6.07) is 7.29. The van der Waals surface area contributed by atoms with Crippen molar-refractivity contribution in [1.29, 1.82) is 0 Å². The minimum absolute atomic E-state index is 0.0434. The summed E-state index contributed by atoms with van der Waals surface area (Å²) in [6.45, 7) is 0. The summed E-state index contributed by atoms with van der Waals surface area (Å²) in [5, 5.41) is 2.73. The number of nitrogens with zero attached hydrogens (tertiary/aromatic N) is 1. The number of hydrogen-bond acceptors (Lipinski definition) is 7. The maximum Gasteiger partial charge on any atom is 0.341 e. The molecule has 2 heterocycles. The number of nitrogens with one attached hydrogen (secondary N) is 1. The van der Waals surface area contributed by atoms with E-state index < -0.39 is 11.2 Å². The maximum atomic E-state index is 13.2. The third-order valence-corrected chi connectivity index (χ3v) is 8.42. The maximum absolute atomic E-state index is 13.2. The average Bonchev–Trinajstić information content (AvgIpc) is 3.36. The molecule has 32 heavy (non-hydrogen) atoms. The number of fused-ring (bicyclic) bond motifs is 1. The van der Waals surface area contributed by atoms with Crippen molar-refractivity contribution in [1.82, 2.24) is 0 Å². The molecule has 0 unspecified atom stereocenters. The molecule has 1 atom stereocenters. The topological polar surface area (TPSA) is 92.8 Å². The van der Waals surface area contributed by atoms with Crippen molar-refractivity contribution in [3.05, 3.63) is 40.3 Å². The third kappa shape index (κ3) is 3.84. The van der Waals surface area contributed by atoms with E-state index in [1.165, 1.54) is 35.1 Å². The van der Waals surface area contributed by atoms with Gasteiger partial charge in [-0.05, 0) is 61.9 Å². The van der Waals surface area contributed by atoms with E-state index in [2.05, 4.69) is 5.32 Å². The molecule has 1 aromatic heterocycles. The van der Waals surface area contributed by atoms with Gasteiger partial charge in [0.05, 0.1) is 17.9 Å². The summed E-state index contributed by atoms with van der Waals surface area (Å²) < 4.78 is 4.95. The van der Waals surface area contributed by atoms with Crippen LogP contribution in [0.4, 0.5) is 10.7 Å². The van der Waals surface area contributed by atoms with Gasteiger partial charge in [0.25, 0.3) is 0 Å². The standard InChI is InChI=1S/C23H22N2O5S2/c1-30-23(29)19-15-3-2-4-16(15)32-22(19)25-18(26)11-17(21(25)28)31-14-9-7-13(8-10-14)24-20(27)12-5-6-12/h7-10,12,17H,2-6,11H2,1H3,(H,24,27)/t17-/m0/s1. The van der Waals surface area contributed by atoms with E-state index >= 15 is 0 Å². The van der Waals surface area contributed by atoms with E-state index in [9.17, 15) is 19.2 Å². The SMILES string of the molecule is COC(=O)c1c(N2C(=O)C[C@H](Sc3ccc(NC(=O)C4CC4)cc3)C2=O)sc2c1CCC2. The molecule has 1 aromatic carbocycles. The fraction of sp³-hybridized carbons (Fsp3) is 0.391. The lowest BCUT2D eigenvalue weighted by Gasteiger charge is -2.15. The van der Waals surface area contributed by atoms with Crippen LogP contribution in [0.25, 0.3) is 0 Å². The van der Waals surface area contributed by atoms with Crippen LogP contribution in [-0.4, -0.2) is 36.1 Å². The number of ether oxygens (including phenoxy) is 1. The van der Waals surface area contributed by atoms with Crippen LogP contribution in [-0.2, 0) is 32.0 Å². The highest BCUT2D eigenvalue weighted by Gasteiger charge is 2.44. The van der Waals surface area contributed by atoms with E-state index in [-0.39, 0.29) is 30.1 Å². The zero-order valence-electron chi connectivity index (χ0n) is 17.5. The van der Waals surface area contributed by atoms with Crippen LogP contribution in [0.5, 0.6) is 0 Å². The van der Waals surface area contributed by atoms with E-state index in [0.717, 1.165) is 53.1 Å². The number of amides is 3. The third-order valence-electron chi connectivity index (χ3n) is 5.95. The Labute approximate surface area is 193 Å². The smallest absolute Gasteiger partial charge is 0.341 e. The van der Waals surface area contributed by atoms with Gasteiger partial charge >= 0.3 is 5.97 Å². The molecule has 5 rings (SSSR count). The quantitative estimate of drug-likeness (QED) is 0.510. The van der Waals surface area contributed by atoms with Crippen LogP contribution >= 0.6 is 23.1 Å². The molecule has 2 aliphatic carbocycles. The van der Waals surface area contributed by atoms with Gasteiger partial charge in [-0.2, -0.15) is 0 Å². The molecule has 9 heteroatoms. The van der Waals surface area contributed by atoms with Crippen molar-refractivity contribution < 1.29 is 23.9 Å². The normalized spacial score (nSPS) is 19.9.